The summed E-state index contributed by atoms with van der Waals surface area (Å²) in [6.45, 7) is 1.31. The van der Waals surface area contributed by atoms with Crippen molar-refractivity contribution in [2.75, 3.05) is 18.9 Å². The molecule has 0 radical (unpaired) electrons. The number of hydroxylamine groups is 1. The van der Waals surface area contributed by atoms with Crippen LogP contribution < -0.4 is 10.8 Å². The summed E-state index contributed by atoms with van der Waals surface area (Å²) in [5.74, 6) is 1.70. The number of terminal acetylenes is 1. The molecule has 112 valence electrons. The summed E-state index contributed by atoms with van der Waals surface area (Å²) in [6, 6.07) is 7.40. The standard InChI is InChI=1S/C15H19N3O3/c1-3-10-18(2)11-12-4-6-13(7-5-12)16-14(19)8-9-15(20)17-21/h1,4-7,21H,8-11H2,2H3,(H,16,19)(H,17,20). The number of benzene rings is 1. The van der Waals surface area contributed by atoms with Crippen LogP contribution in [0.15, 0.2) is 24.3 Å². The third kappa shape index (κ3) is 6.56. The molecule has 6 nitrogen and oxygen atoms in total. The van der Waals surface area contributed by atoms with Crippen LogP contribution in [0.3, 0.4) is 0 Å². The molecule has 0 aliphatic rings. The van der Waals surface area contributed by atoms with Crippen LogP contribution in [0.1, 0.15) is 18.4 Å². The molecule has 0 aromatic heterocycles. The second kappa shape index (κ2) is 8.74. The van der Waals surface area contributed by atoms with E-state index in [0.29, 0.717) is 12.2 Å². The predicted octanol–water partition coefficient (Wildman–Crippen LogP) is 0.976. The lowest BCUT2D eigenvalue weighted by Gasteiger charge is -2.13. The Hall–Kier alpha value is -2.36. The van der Waals surface area contributed by atoms with Crippen molar-refractivity contribution in [2.45, 2.75) is 19.4 Å². The van der Waals surface area contributed by atoms with E-state index in [1.807, 2.05) is 24.1 Å². The molecule has 21 heavy (non-hydrogen) atoms. The minimum Gasteiger partial charge on any atom is -0.326 e. The minimum atomic E-state index is -0.586. The van der Waals surface area contributed by atoms with Gasteiger partial charge in [0, 0.05) is 25.1 Å². The number of nitrogens with zero attached hydrogens (tertiary/aromatic N) is 1. The fourth-order valence-corrected chi connectivity index (χ4v) is 1.72. The smallest absolute Gasteiger partial charge is 0.243 e. The van der Waals surface area contributed by atoms with Crippen molar-refractivity contribution < 1.29 is 14.8 Å². The fraction of sp³-hybridized carbons (Fsp3) is 0.333. The van der Waals surface area contributed by atoms with Crippen LogP contribution in [0.25, 0.3) is 0 Å². The van der Waals surface area contributed by atoms with Gasteiger partial charge in [0.15, 0.2) is 0 Å². The molecule has 0 fully saturated rings. The van der Waals surface area contributed by atoms with Crippen molar-refractivity contribution >= 4 is 17.5 Å². The zero-order valence-electron chi connectivity index (χ0n) is 11.9. The summed E-state index contributed by atoms with van der Waals surface area (Å²) in [6.07, 6.45) is 5.19. The third-order valence-electron chi connectivity index (χ3n) is 2.76. The maximum absolute atomic E-state index is 11.6. The van der Waals surface area contributed by atoms with Crippen molar-refractivity contribution in [1.82, 2.24) is 10.4 Å². The van der Waals surface area contributed by atoms with E-state index in [9.17, 15) is 9.59 Å². The third-order valence-corrected chi connectivity index (χ3v) is 2.76. The Balaban J connectivity index is 2.45. The maximum Gasteiger partial charge on any atom is 0.243 e. The van der Waals surface area contributed by atoms with Crippen LogP contribution in [0.2, 0.25) is 0 Å². The van der Waals surface area contributed by atoms with Gasteiger partial charge in [0.1, 0.15) is 0 Å². The lowest BCUT2D eigenvalue weighted by Crippen LogP contribution is -2.21. The highest BCUT2D eigenvalue weighted by Crippen LogP contribution is 2.11. The number of carbonyl (C=O) groups excluding carboxylic acids is 2. The monoisotopic (exact) mass is 289 g/mol. The summed E-state index contributed by atoms with van der Waals surface area (Å²) in [4.78, 5) is 24.4. The normalized spacial score (nSPS) is 10.0. The average molecular weight is 289 g/mol. The Morgan fingerprint density at radius 3 is 2.43 bits per heavy atom. The SMILES string of the molecule is C#CCN(C)Cc1ccc(NC(=O)CCC(=O)NO)cc1. The van der Waals surface area contributed by atoms with Crippen molar-refractivity contribution in [2.24, 2.45) is 0 Å². The predicted molar refractivity (Wildman–Crippen MR) is 79.4 cm³/mol. The average Bonchev–Trinajstić information content (AvgIpc) is 2.47. The second-order valence-electron chi connectivity index (χ2n) is 4.66. The second-order valence-corrected chi connectivity index (χ2v) is 4.66. The van der Waals surface area contributed by atoms with E-state index in [4.69, 9.17) is 11.6 Å². The molecule has 0 bridgehead atoms. The molecule has 2 amide bonds. The van der Waals surface area contributed by atoms with Gasteiger partial charge in [0.25, 0.3) is 0 Å². The van der Waals surface area contributed by atoms with E-state index in [2.05, 4.69) is 11.2 Å². The van der Waals surface area contributed by atoms with Crippen LogP contribution in [0, 0.1) is 12.3 Å². The van der Waals surface area contributed by atoms with E-state index < -0.39 is 5.91 Å². The van der Waals surface area contributed by atoms with Crippen LogP contribution in [0.4, 0.5) is 5.69 Å². The molecule has 1 aromatic rings. The van der Waals surface area contributed by atoms with E-state index in [1.54, 1.807) is 12.1 Å². The van der Waals surface area contributed by atoms with E-state index >= 15 is 0 Å². The van der Waals surface area contributed by atoms with Crippen LogP contribution in [-0.2, 0) is 16.1 Å². The van der Waals surface area contributed by atoms with Crippen LogP contribution in [0.5, 0.6) is 0 Å². The molecule has 1 aromatic carbocycles. The first-order valence-corrected chi connectivity index (χ1v) is 6.49. The van der Waals surface area contributed by atoms with Crippen molar-refractivity contribution in [3.8, 4) is 12.3 Å². The molecule has 0 saturated heterocycles. The van der Waals surface area contributed by atoms with Crippen LogP contribution in [-0.4, -0.2) is 35.5 Å². The van der Waals surface area contributed by atoms with E-state index in [0.717, 1.165) is 12.1 Å². The number of rotatable bonds is 7. The highest BCUT2D eigenvalue weighted by atomic mass is 16.5. The van der Waals surface area contributed by atoms with E-state index in [1.165, 1.54) is 5.48 Å². The highest BCUT2D eigenvalue weighted by Gasteiger charge is 2.06. The van der Waals surface area contributed by atoms with Gasteiger partial charge in [-0.25, -0.2) is 5.48 Å². The van der Waals surface area contributed by atoms with Crippen molar-refractivity contribution in [3.63, 3.8) is 0 Å². The zero-order chi connectivity index (χ0) is 15.7. The van der Waals surface area contributed by atoms with Gasteiger partial charge in [-0.15, -0.1) is 6.42 Å². The molecule has 0 heterocycles. The minimum absolute atomic E-state index is 0.0129. The van der Waals surface area contributed by atoms with E-state index in [-0.39, 0.29) is 18.7 Å². The Kier molecular flexibility index (Phi) is 6.95. The first kappa shape index (κ1) is 16.7. The van der Waals surface area contributed by atoms with Gasteiger partial charge < -0.3 is 5.32 Å². The molecule has 3 N–H and O–H groups in total. The van der Waals surface area contributed by atoms with Crippen LogP contribution >= 0.6 is 0 Å². The molecule has 0 aliphatic carbocycles. The molecular weight excluding hydrogens is 270 g/mol. The fourth-order valence-electron chi connectivity index (χ4n) is 1.72. The van der Waals surface area contributed by atoms with Gasteiger partial charge in [0.2, 0.25) is 11.8 Å². The molecule has 0 aliphatic heterocycles. The van der Waals surface area contributed by atoms with Gasteiger partial charge in [-0.05, 0) is 24.7 Å². The van der Waals surface area contributed by atoms with Gasteiger partial charge in [-0.1, -0.05) is 18.1 Å². The molecule has 0 spiro atoms. The number of hydrogen-bond donors (Lipinski definition) is 3. The summed E-state index contributed by atoms with van der Waals surface area (Å²) >= 11 is 0. The van der Waals surface area contributed by atoms with Gasteiger partial charge >= 0.3 is 0 Å². The summed E-state index contributed by atoms with van der Waals surface area (Å²) in [5, 5.41) is 11.0. The molecule has 0 atom stereocenters. The molecule has 6 heteroatoms. The number of anilines is 1. The zero-order valence-corrected chi connectivity index (χ0v) is 11.9. The number of carbonyl (C=O) groups is 2. The summed E-state index contributed by atoms with van der Waals surface area (Å²) < 4.78 is 0. The Morgan fingerprint density at radius 1 is 1.24 bits per heavy atom. The largest absolute Gasteiger partial charge is 0.326 e. The number of hydrogen-bond acceptors (Lipinski definition) is 4. The van der Waals surface area contributed by atoms with Gasteiger partial charge in [0.05, 0.1) is 6.54 Å². The lowest BCUT2D eigenvalue weighted by atomic mass is 10.2. The summed E-state index contributed by atoms with van der Waals surface area (Å²) in [7, 11) is 1.93. The quantitative estimate of drug-likeness (QED) is 0.397. The number of amides is 2. The molecule has 0 unspecified atom stereocenters. The maximum atomic E-state index is 11.6. The lowest BCUT2D eigenvalue weighted by molar-refractivity contribution is -0.131. The summed E-state index contributed by atoms with van der Waals surface area (Å²) in [5.41, 5.74) is 3.23. The topological polar surface area (TPSA) is 81.7 Å². The highest BCUT2D eigenvalue weighted by molar-refractivity contribution is 5.93. The Morgan fingerprint density at radius 2 is 1.86 bits per heavy atom. The molecule has 0 saturated carbocycles. The molecule has 1 rings (SSSR count). The molecular formula is C15H19N3O3. The van der Waals surface area contributed by atoms with Gasteiger partial charge in [-0.3, -0.25) is 19.7 Å². The van der Waals surface area contributed by atoms with Crippen molar-refractivity contribution in [3.05, 3.63) is 29.8 Å². The first-order chi connectivity index (χ1) is 10.0. The van der Waals surface area contributed by atoms with Crippen molar-refractivity contribution in [1.29, 1.82) is 0 Å². The Labute approximate surface area is 124 Å². The van der Waals surface area contributed by atoms with Gasteiger partial charge in [-0.2, -0.15) is 0 Å². The first-order valence-electron chi connectivity index (χ1n) is 6.49. The number of nitrogens with one attached hydrogen (secondary N) is 2. The Bertz CT molecular complexity index is 520.